The molecule has 0 heterocycles. The summed E-state index contributed by atoms with van der Waals surface area (Å²) in [6, 6.07) is 4.48. The molecule has 92 valence electrons. The minimum absolute atomic E-state index is 0.0590. The van der Waals surface area contributed by atoms with Gasteiger partial charge in [-0.1, -0.05) is 12.1 Å². The van der Waals surface area contributed by atoms with Crippen LogP contribution in [-0.4, -0.2) is 18.7 Å². The molecule has 3 rings (SSSR count). The maximum Gasteiger partial charge on any atom is 0.173 e. The van der Waals surface area contributed by atoms with Crippen molar-refractivity contribution >= 4 is 11.6 Å². The van der Waals surface area contributed by atoms with Gasteiger partial charge in [-0.15, -0.1) is 0 Å². The van der Waals surface area contributed by atoms with Crippen LogP contribution in [0.15, 0.2) is 30.4 Å². The van der Waals surface area contributed by atoms with Crippen molar-refractivity contribution in [2.24, 2.45) is 5.92 Å². The van der Waals surface area contributed by atoms with E-state index in [1.54, 1.807) is 18.2 Å². The van der Waals surface area contributed by atoms with Crippen molar-refractivity contribution < 1.29 is 18.7 Å². The van der Waals surface area contributed by atoms with Gasteiger partial charge >= 0.3 is 0 Å². The Morgan fingerprint density at radius 1 is 1.39 bits per heavy atom. The zero-order valence-electron chi connectivity index (χ0n) is 9.77. The third kappa shape index (κ3) is 1.21. The molecule has 18 heavy (non-hydrogen) atoms. The predicted molar refractivity (Wildman–Crippen MR) is 61.7 cm³/mol. The Morgan fingerprint density at radius 2 is 2.17 bits per heavy atom. The maximum absolute atomic E-state index is 13.8. The number of rotatable bonds is 1. The van der Waals surface area contributed by atoms with Crippen molar-refractivity contribution in [1.29, 1.82) is 0 Å². The molecule has 0 aliphatic heterocycles. The van der Waals surface area contributed by atoms with Crippen LogP contribution in [0.4, 0.5) is 4.39 Å². The molecule has 1 aromatic carbocycles. The number of hydrogen-bond acceptors (Lipinski definition) is 3. The van der Waals surface area contributed by atoms with Crippen LogP contribution in [0, 0.1) is 11.7 Å². The van der Waals surface area contributed by atoms with Crippen molar-refractivity contribution in [2.45, 2.75) is 12.0 Å². The maximum atomic E-state index is 13.8. The molecule has 0 aromatic heterocycles. The van der Waals surface area contributed by atoms with Gasteiger partial charge in [-0.3, -0.25) is 9.59 Å². The molecule has 0 N–H and O–H groups in total. The molecule has 2 atom stereocenters. The fourth-order valence-corrected chi connectivity index (χ4v) is 2.91. The monoisotopic (exact) mass is 246 g/mol. The quantitative estimate of drug-likeness (QED) is 0.761. The molecular weight excluding hydrogens is 235 g/mol. The van der Waals surface area contributed by atoms with E-state index >= 15 is 0 Å². The standard InChI is InChI=1S/C14H11FO3/c1-18-14-6-5-8(16)7-10(14)13(17)12-9(14)3-2-4-11(12)15/h2-6,10H,7H2,1H3. The third-order valence-electron chi connectivity index (χ3n) is 3.78. The molecule has 0 amide bonds. The van der Waals surface area contributed by atoms with E-state index in [-0.39, 0.29) is 23.6 Å². The summed E-state index contributed by atoms with van der Waals surface area (Å²) < 4.78 is 19.3. The molecule has 0 bridgehead atoms. The molecule has 0 saturated carbocycles. The molecular formula is C14H11FO3. The number of ether oxygens (including phenoxy) is 1. The van der Waals surface area contributed by atoms with E-state index < -0.39 is 17.3 Å². The Morgan fingerprint density at radius 3 is 2.89 bits per heavy atom. The smallest absolute Gasteiger partial charge is 0.173 e. The minimum Gasteiger partial charge on any atom is -0.369 e. The number of carbonyl (C=O) groups is 2. The minimum atomic E-state index is -0.984. The van der Waals surface area contributed by atoms with Crippen LogP contribution in [-0.2, 0) is 15.1 Å². The van der Waals surface area contributed by atoms with E-state index in [4.69, 9.17) is 4.74 Å². The van der Waals surface area contributed by atoms with E-state index in [1.165, 1.54) is 19.3 Å². The molecule has 3 nitrogen and oxygen atoms in total. The van der Waals surface area contributed by atoms with Gasteiger partial charge in [-0.2, -0.15) is 0 Å². The number of halogens is 1. The van der Waals surface area contributed by atoms with Crippen LogP contribution < -0.4 is 0 Å². The number of Topliss-reactive ketones (excluding diaryl/α,β-unsaturated/α-hetero) is 1. The fraction of sp³-hybridized carbons (Fsp3) is 0.286. The van der Waals surface area contributed by atoms with Crippen LogP contribution in [0.3, 0.4) is 0 Å². The largest absolute Gasteiger partial charge is 0.369 e. The summed E-state index contributed by atoms with van der Waals surface area (Å²) in [5.74, 6) is -1.67. The van der Waals surface area contributed by atoms with Gasteiger partial charge in [-0.05, 0) is 18.2 Å². The topological polar surface area (TPSA) is 43.4 Å². The molecule has 0 saturated heterocycles. The number of carbonyl (C=O) groups excluding carboxylic acids is 2. The van der Waals surface area contributed by atoms with Gasteiger partial charge in [-0.25, -0.2) is 4.39 Å². The molecule has 2 unspecified atom stereocenters. The lowest BCUT2D eigenvalue weighted by Gasteiger charge is -2.33. The Bertz CT molecular complexity index is 591. The first-order valence-electron chi connectivity index (χ1n) is 5.70. The fourth-order valence-electron chi connectivity index (χ4n) is 2.91. The SMILES string of the molecule is COC12C=CC(=O)CC1C(=O)c1c(F)cccc12. The summed E-state index contributed by atoms with van der Waals surface area (Å²) in [5, 5.41) is 0. The van der Waals surface area contributed by atoms with Gasteiger partial charge in [0.15, 0.2) is 11.6 Å². The van der Waals surface area contributed by atoms with Crippen LogP contribution in [0.2, 0.25) is 0 Å². The van der Waals surface area contributed by atoms with Crippen LogP contribution in [0.1, 0.15) is 22.3 Å². The molecule has 4 heteroatoms. The Hall–Kier alpha value is -1.81. The van der Waals surface area contributed by atoms with Gasteiger partial charge < -0.3 is 4.74 Å². The molecule has 2 aliphatic carbocycles. The normalized spacial score (nSPS) is 29.3. The van der Waals surface area contributed by atoms with Gasteiger partial charge in [0, 0.05) is 19.1 Å². The van der Waals surface area contributed by atoms with Crippen molar-refractivity contribution in [3.8, 4) is 0 Å². The second-order valence-electron chi connectivity index (χ2n) is 4.58. The molecule has 1 aromatic rings. The molecule has 0 spiro atoms. The van der Waals surface area contributed by atoms with Crippen molar-refractivity contribution in [1.82, 2.24) is 0 Å². The average Bonchev–Trinajstić information content (AvgIpc) is 2.62. The summed E-state index contributed by atoms with van der Waals surface area (Å²) in [6.45, 7) is 0. The highest BCUT2D eigenvalue weighted by Crippen LogP contribution is 2.49. The summed E-state index contributed by atoms with van der Waals surface area (Å²) in [4.78, 5) is 23.7. The van der Waals surface area contributed by atoms with Crippen LogP contribution in [0.5, 0.6) is 0 Å². The second kappa shape index (κ2) is 3.59. The van der Waals surface area contributed by atoms with Crippen molar-refractivity contribution in [2.75, 3.05) is 7.11 Å². The number of ketones is 2. The molecule has 2 aliphatic rings. The lowest BCUT2D eigenvalue weighted by Crippen LogP contribution is -2.37. The first-order chi connectivity index (χ1) is 8.60. The van der Waals surface area contributed by atoms with E-state index in [2.05, 4.69) is 0 Å². The summed E-state index contributed by atoms with van der Waals surface area (Å²) in [6.07, 6.45) is 3.05. The Labute approximate surface area is 103 Å². The van der Waals surface area contributed by atoms with E-state index in [1.807, 2.05) is 0 Å². The second-order valence-corrected chi connectivity index (χ2v) is 4.58. The number of allylic oxidation sites excluding steroid dienone is 1. The van der Waals surface area contributed by atoms with Crippen LogP contribution in [0.25, 0.3) is 0 Å². The van der Waals surface area contributed by atoms with Gasteiger partial charge in [0.05, 0.1) is 11.5 Å². The highest BCUT2D eigenvalue weighted by molar-refractivity contribution is 6.08. The first kappa shape index (κ1) is 11.3. The predicted octanol–water partition coefficient (Wildman–Crippen LogP) is 2.01. The summed E-state index contributed by atoms with van der Waals surface area (Å²) in [5.41, 5.74) is -0.407. The first-order valence-corrected chi connectivity index (χ1v) is 5.70. The zero-order valence-corrected chi connectivity index (χ0v) is 9.77. The highest BCUT2D eigenvalue weighted by Gasteiger charge is 2.54. The van der Waals surface area contributed by atoms with Crippen molar-refractivity contribution in [3.63, 3.8) is 0 Å². The summed E-state index contributed by atoms with van der Waals surface area (Å²) >= 11 is 0. The van der Waals surface area contributed by atoms with Crippen molar-refractivity contribution in [3.05, 3.63) is 47.3 Å². The summed E-state index contributed by atoms with van der Waals surface area (Å²) in [7, 11) is 1.47. The number of hydrogen-bond donors (Lipinski definition) is 0. The lowest BCUT2D eigenvalue weighted by molar-refractivity contribution is -0.118. The van der Waals surface area contributed by atoms with Gasteiger partial charge in [0.25, 0.3) is 0 Å². The van der Waals surface area contributed by atoms with Gasteiger partial charge in [0.1, 0.15) is 11.4 Å². The number of methoxy groups -OCH3 is 1. The van der Waals surface area contributed by atoms with Gasteiger partial charge in [0.2, 0.25) is 0 Å². The third-order valence-corrected chi connectivity index (χ3v) is 3.78. The van der Waals surface area contributed by atoms with E-state index in [9.17, 15) is 14.0 Å². The van der Waals surface area contributed by atoms with Crippen LogP contribution >= 0.6 is 0 Å². The number of fused-ring (bicyclic) bond motifs is 3. The molecule has 0 fully saturated rings. The average molecular weight is 246 g/mol. The molecule has 0 radical (unpaired) electrons. The van der Waals surface area contributed by atoms with E-state index in [0.29, 0.717) is 5.56 Å². The highest BCUT2D eigenvalue weighted by atomic mass is 19.1. The number of benzene rings is 1. The Balaban J connectivity index is 2.30. The Kier molecular flexibility index (Phi) is 2.25. The lowest BCUT2D eigenvalue weighted by atomic mass is 9.79. The zero-order chi connectivity index (χ0) is 12.9. The van der Waals surface area contributed by atoms with E-state index in [0.717, 1.165) is 0 Å².